The molecule has 1 heterocycles. The van der Waals surface area contributed by atoms with E-state index in [2.05, 4.69) is 4.74 Å². The molecule has 110 valence electrons. The molecule has 1 aliphatic rings. The van der Waals surface area contributed by atoms with E-state index < -0.39 is 16.9 Å². The molecule has 0 unspecified atom stereocenters. The van der Waals surface area contributed by atoms with Gasteiger partial charge in [-0.3, -0.25) is 14.9 Å². The molecule has 0 fully saturated rings. The first-order valence-corrected chi connectivity index (χ1v) is 5.43. The van der Waals surface area contributed by atoms with Gasteiger partial charge in [0.25, 0.3) is 5.69 Å². The van der Waals surface area contributed by atoms with E-state index in [0.717, 1.165) is 0 Å². The fourth-order valence-electron chi connectivity index (χ4n) is 1.77. The van der Waals surface area contributed by atoms with Crippen LogP contribution in [-0.4, -0.2) is 24.8 Å². The number of nitro benzene ring substituents is 1. The molecular weight excluding hydrogens is 292 g/mol. The summed E-state index contributed by atoms with van der Waals surface area (Å²) in [4.78, 5) is 21.6. The van der Waals surface area contributed by atoms with Crippen molar-refractivity contribution in [3.63, 3.8) is 0 Å². The van der Waals surface area contributed by atoms with Crippen LogP contribution in [0.1, 0.15) is 18.0 Å². The Morgan fingerprint density at radius 1 is 1.50 bits per heavy atom. The Morgan fingerprint density at radius 2 is 2.10 bits per heavy atom. The summed E-state index contributed by atoms with van der Waals surface area (Å²) in [5.74, 6) is 0.126. The fourth-order valence-corrected chi connectivity index (χ4v) is 1.77. The van der Waals surface area contributed by atoms with E-state index in [4.69, 9.17) is 15.2 Å². The molecule has 0 saturated heterocycles. The zero-order valence-electron chi connectivity index (χ0n) is 10.5. The van der Waals surface area contributed by atoms with Crippen molar-refractivity contribution in [2.45, 2.75) is 12.5 Å². The van der Waals surface area contributed by atoms with Crippen LogP contribution in [0.2, 0.25) is 0 Å². The first-order chi connectivity index (χ1) is 9.02. The Hall–Kier alpha value is -2.06. The maximum Gasteiger partial charge on any atom is 0.307 e. The Morgan fingerprint density at radius 3 is 2.65 bits per heavy atom. The number of methoxy groups -OCH3 is 1. The van der Waals surface area contributed by atoms with Crippen LogP contribution in [-0.2, 0) is 9.53 Å². The number of hydrogen-bond acceptors (Lipinski definition) is 7. The third-order valence-corrected chi connectivity index (χ3v) is 2.73. The summed E-state index contributed by atoms with van der Waals surface area (Å²) in [6.07, 6.45) is -0.156. The van der Waals surface area contributed by atoms with Gasteiger partial charge in [-0.15, -0.1) is 12.4 Å². The summed E-state index contributed by atoms with van der Waals surface area (Å²) in [5, 5.41) is 11.0. The summed E-state index contributed by atoms with van der Waals surface area (Å²) in [5.41, 5.74) is 5.80. The molecular formula is C11H13ClN2O6. The zero-order valence-corrected chi connectivity index (χ0v) is 11.3. The molecule has 0 spiro atoms. The second-order valence-corrected chi connectivity index (χ2v) is 3.91. The molecule has 0 amide bonds. The average molecular weight is 305 g/mol. The molecule has 1 atom stereocenters. The number of carbonyl (C=O) groups is 1. The van der Waals surface area contributed by atoms with Gasteiger partial charge in [0.2, 0.25) is 6.79 Å². The van der Waals surface area contributed by atoms with Gasteiger partial charge in [0.15, 0.2) is 11.5 Å². The molecule has 1 aliphatic heterocycles. The number of fused-ring (bicyclic) bond motifs is 1. The summed E-state index contributed by atoms with van der Waals surface area (Å²) in [6.45, 7) is 0.00216. The van der Waals surface area contributed by atoms with E-state index in [0.29, 0.717) is 11.5 Å². The molecule has 0 aromatic heterocycles. The highest BCUT2D eigenvalue weighted by molar-refractivity contribution is 5.85. The number of rotatable bonds is 4. The highest BCUT2D eigenvalue weighted by Crippen LogP contribution is 2.40. The van der Waals surface area contributed by atoms with E-state index in [1.165, 1.54) is 19.2 Å². The lowest BCUT2D eigenvalue weighted by atomic mass is 10.0. The van der Waals surface area contributed by atoms with Gasteiger partial charge in [-0.1, -0.05) is 0 Å². The third kappa shape index (κ3) is 3.09. The van der Waals surface area contributed by atoms with E-state index >= 15 is 0 Å². The van der Waals surface area contributed by atoms with Crippen molar-refractivity contribution in [1.82, 2.24) is 0 Å². The van der Waals surface area contributed by atoms with Gasteiger partial charge in [-0.25, -0.2) is 0 Å². The molecule has 9 heteroatoms. The van der Waals surface area contributed by atoms with Crippen LogP contribution in [0.5, 0.6) is 11.5 Å². The maximum atomic E-state index is 11.2. The van der Waals surface area contributed by atoms with Gasteiger partial charge in [0.1, 0.15) is 0 Å². The van der Waals surface area contributed by atoms with E-state index in [-0.39, 0.29) is 36.9 Å². The number of ether oxygens (including phenoxy) is 3. The Bertz CT molecular complexity index is 536. The van der Waals surface area contributed by atoms with E-state index in [9.17, 15) is 14.9 Å². The third-order valence-electron chi connectivity index (χ3n) is 2.73. The van der Waals surface area contributed by atoms with Crippen molar-refractivity contribution in [3.8, 4) is 11.5 Å². The van der Waals surface area contributed by atoms with Crippen LogP contribution in [0.25, 0.3) is 0 Å². The van der Waals surface area contributed by atoms with Gasteiger partial charge in [0, 0.05) is 6.04 Å². The largest absolute Gasteiger partial charge is 0.469 e. The molecule has 8 nitrogen and oxygen atoms in total. The molecule has 20 heavy (non-hydrogen) atoms. The monoisotopic (exact) mass is 304 g/mol. The van der Waals surface area contributed by atoms with Crippen molar-refractivity contribution in [2.75, 3.05) is 13.9 Å². The van der Waals surface area contributed by atoms with E-state index in [1.54, 1.807) is 0 Å². The average Bonchev–Trinajstić information content (AvgIpc) is 2.83. The number of nitrogens with two attached hydrogens (primary N) is 1. The first-order valence-electron chi connectivity index (χ1n) is 5.43. The minimum absolute atomic E-state index is 0. The predicted molar refractivity (Wildman–Crippen MR) is 70.0 cm³/mol. The predicted octanol–water partition coefficient (Wildman–Crippen LogP) is 1.31. The number of halogens is 1. The van der Waals surface area contributed by atoms with Crippen molar-refractivity contribution in [1.29, 1.82) is 0 Å². The molecule has 0 saturated carbocycles. The standard InChI is InChI=1S/C11H12N2O6.ClH/c1-17-11(14)3-7(12)6-2-9-10(19-5-18-9)4-8(6)13(15)16;/h2,4,7H,3,5,12H2,1H3;1H/t7-;/m1./s1. The minimum Gasteiger partial charge on any atom is -0.469 e. The molecule has 0 radical (unpaired) electrons. The molecule has 1 aromatic rings. The van der Waals surface area contributed by atoms with Gasteiger partial charge >= 0.3 is 5.97 Å². The fraction of sp³-hybridized carbons (Fsp3) is 0.364. The number of nitro groups is 1. The number of nitrogens with zero attached hydrogens (tertiary/aromatic N) is 1. The minimum atomic E-state index is -0.845. The summed E-state index contributed by atoms with van der Waals surface area (Å²) in [6, 6.07) is 1.82. The van der Waals surface area contributed by atoms with Crippen LogP contribution in [0.4, 0.5) is 5.69 Å². The zero-order chi connectivity index (χ0) is 14.0. The van der Waals surface area contributed by atoms with Crippen LogP contribution in [0, 0.1) is 10.1 Å². The first kappa shape index (κ1) is 16.0. The van der Waals surface area contributed by atoms with Gasteiger partial charge in [-0.05, 0) is 6.07 Å². The lowest BCUT2D eigenvalue weighted by Gasteiger charge is -2.11. The second-order valence-electron chi connectivity index (χ2n) is 3.91. The van der Waals surface area contributed by atoms with Gasteiger partial charge in [0.05, 0.1) is 30.1 Å². The van der Waals surface area contributed by atoms with Gasteiger partial charge in [-0.2, -0.15) is 0 Å². The smallest absolute Gasteiger partial charge is 0.307 e. The number of carbonyl (C=O) groups excluding carboxylic acids is 1. The van der Waals surface area contributed by atoms with E-state index in [1.807, 2.05) is 0 Å². The highest BCUT2D eigenvalue weighted by atomic mass is 35.5. The van der Waals surface area contributed by atoms with Crippen molar-refractivity contribution in [3.05, 3.63) is 27.8 Å². The summed E-state index contributed by atoms with van der Waals surface area (Å²) < 4.78 is 14.7. The summed E-state index contributed by atoms with van der Waals surface area (Å²) >= 11 is 0. The Labute approximate surface area is 120 Å². The summed E-state index contributed by atoms with van der Waals surface area (Å²) in [7, 11) is 1.23. The molecule has 2 N–H and O–H groups in total. The molecule has 0 bridgehead atoms. The van der Waals surface area contributed by atoms with Gasteiger partial charge < -0.3 is 19.9 Å². The van der Waals surface area contributed by atoms with Crippen molar-refractivity contribution in [2.24, 2.45) is 5.73 Å². The van der Waals surface area contributed by atoms with Crippen molar-refractivity contribution < 1.29 is 23.9 Å². The number of esters is 1. The molecule has 1 aromatic carbocycles. The Kier molecular flexibility index (Phi) is 5.12. The van der Waals surface area contributed by atoms with Crippen LogP contribution >= 0.6 is 12.4 Å². The lowest BCUT2D eigenvalue weighted by molar-refractivity contribution is -0.385. The van der Waals surface area contributed by atoms with Crippen LogP contribution in [0.15, 0.2) is 12.1 Å². The Balaban J connectivity index is 0.00000200. The highest BCUT2D eigenvalue weighted by Gasteiger charge is 2.27. The van der Waals surface area contributed by atoms with Crippen LogP contribution < -0.4 is 15.2 Å². The normalized spacial score (nSPS) is 13.3. The topological polar surface area (TPSA) is 114 Å². The SMILES string of the molecule is COC(=O)C[C@@H](N)c1cc2c(cc1[N+](=O)[O-])OCO2.Cl. The number of hydrogen-bond donors (Lipinski definition) is 1. The lowest BCUT2D eigenvalue weighted by Crippen LogP contribution is -2.17. The van der Waals surface area contributed by atoms with Crippen molar-refractivity contribution >= 4 is 24.1 Å². The van der Waals surface area contributed by atoms with Crippen LogP contribution in [0.3, 0.4) is 0 Å². The second kappa shape index (κ2) is 6.40. The number of benzene rings is 1. The maximum absolute atomic E-state index is 11.2. The quantitative estimate of drug-likeness (QED) is 0.506. The molecule has 2 rings (SSSR count). The molecule has 0 aliphatic carbocycles.